The summed E-state index contributed by atoms with van der Waals surface area (Å²) >= 11 is 5.93. The second-order valence-corrected chi connectivity index (χ2v) is 8.17. The molecule has 0 radical (unpaired) electrons. The van der Waals surface area contributed by atoms with Crippen LogP contribution >= 0.6 is 11.6 Å². The zero-order valence-corrected chi connectivity index (χ0v) is 14.3. The molecule has 1 N–H and O–H groups in total. The number of rotatable bonds is 5. The van der Waals surface area contributed by atoms with Crippen LogP contribution in [0.15, 0.2) is 23.1 Å². The van der Waals surface area contributed by atoms with Crippen LogP contribution in [-0.2, 0) is 10.0 Å². The molecular weight excluding hydrogens is 308 g/mol. The fraction of sp³-hybridized carbons (Fsp3) is 0.600. The van der Waals surface area contributed by atoms with Crippen LogP contribution in [-0.4, -0.2) is 37.9 Å². The van der Waals surface area contributed by atoms with E-state index >= 15 is 0 Å². The minimum atomic E-state index is -3.50. The Labute approximate surface area is 132 Å². The molecule has 1 saturated heterocycles. The standard InChI is InChI=1S/C15H23ClN2O2S/c1-11(2)18(10-14-5-4-8-17-14)21(19,20)15-7-6-13(16)9-12(15)3/h6-7,9,11,14,17H,4-5,8,10H2,1-3H3. The molecule has 118 valence electrons. The summed E-state index contributed by atoms with van der Waals surface area (Å²) in [4.78, 5) is 0.346. The van der Waals surface area contributed by atoms with Crippen molar-refractivity contribution in [2.45, 2.75) is 50.6 Å². The van der Waals surface area contributed by atoms with Crippen LogP contribution in [0, 0.1) is 6.92 Å². The number of benzene rings is 1. The van der Waals surface area contributed by atoms with Gasteiger partial charge in [-0.05, 0) is 63.9 Å². The predicted molar refractivity (Wildman–Crippen MR) is 86.2 cm³/mol. The van der Waals surface area contributed by atoms with Crippen LogP contribution in [0.2, 0.25) is 5.02 Å². The molecule has 1 atom stereocenters. The maximum atomic E-state index is 12.9. The molecule has 6 heteroatoms. The monoisotopic (exact) mass is 330 g/mol. The van der Waals surface area contributed by atoms with E-state index in [2.05, 4.69) is 5.32 Å². The van der Waals surface area contributed by atoms with Crippen molar-refractivity contribution in [1.82, 2.24) is 9.62 Å². The van der Waals surface area contributed by atoms with E-state index < -0.39 is 10.0 Å². The Morgan fingerprint density at radius 3 is 2.67 bits per heavy atom. The van der Waals surface area contributed by atoms with Gasteiger partial charge in [-0.3, -0.25) is 0 Å². The molecule has 1 fully saturated rings. The first-order chi connectivity index (χ1) is 9.82. The quantitative estimate of drug-likeness (QED) is 0.903. The maximum Gasteiger partial charge on any atom is 0.243 e. The Balaban J connectivity index is 2.32. The normalized spacial score (nSPS) is 19.6. The number of aryl methyl sites for hydroxylation is 1. The lowest BCUT2D eigenvalue weighted by atomic mass is 10.2. The Morgan fingerprint density at radius 2 is 2.14 bits per heavy atom. The molecule has 0 bridgehead atoms. The molecule has 1 aliphatic rings. The lowest BCUT2D eigenvalue weighted by molar-refractivity contribution is 0.322. The first-order valence-electron chi connectivity index (χ1n) is 7.33. The zero-order chi connectivity index (χ0) is 15.6. The van der Waals surface area contributed by atoms with E-state index in [4.69, 9.17) is 11.6 Å². The van der Waals surface area contributed by atoms with Gasteiger partial charge in [0.25, 0.3) is 0 Å². The third kappa shape index (κ3) is 3.77. The molecule has 0 saturated carbocycles. The van der Waals surface area contributed by atoms with Crippen LogP contribution in [0.5, 0.6) is 0 Å². The van der Waals surface area contributed by atoms with Gasteiger partial charge in [0, 0.05) is 23.7 Å². The lowest BCUT2D eigenvalue weighted by Crippen LogP contribution is -2.44. The molecule has 1 aliphatic heterocycles. The van der Waals surface area contributed by atoms with E-state index in [1.165, 1.54) is 0 Å². The summed E-state index contributed by atoms with van der Waals surface area (Å²) in [5.74, 6) is 0. The maximum absolute atomic E-state index is 12.9. The highest BCUT2D eigenvalue weighted by Gasteiger charge is 2.31. The summed E-state index contributed by atoms with van der Waals surface area (Å²) < 4.78 is 27.5. The van der Waals surface area contributed by atoms with Gasteiger partial charge in [-0.25, -0.2) is 8.42 Å². The average Bonchev–Trinajstić information content (AvgIpc) is 2.87. The van der Waals surface area contributed by atoms with E-state index in [9.17, 15) is 8.42 Å². The fourth-order valence-electron chi connectivity index (χ4n) is 2.74. The zero-order valence-electron chi connectivity index (χ0n) is 12.8. The molecule has 0 aromatic heterocycles. The van der Waals surface area contributed by atoms with Gasteiger partial charge in [-0.15, -0.1) is 0 Å². The summed E-state index contributed by atoms with van der Waals surface area (Å²) in [5.41, 5.74) is 0.688. The molecule has 0 amide bonds. The van der Waals surface area contributed by atoms with E-state index in [1.807, 2.05) is 13.8 Å². The Bertz CT molecular complexity index is 596. The van der Waals surface area contributed by atoms with Crippen molar-refractivity contribution in [3.8, 4) is 0 Å². The van der Waals surface area contributed by atoms with Gasteiger partial charge in [0.2, 0.25) is 10.0 Å². The van der Waals surface area contributed by atoms with Crippen LogP contribution in [0.1, 0.15) is 32.3 Å². The number of halogens is 1. The molecule has 4 nitrogen and oxygen atoms in total. The van der Waals surface area contributed by atoms with Crippen LogP contribution in [0.3, 0.4) is 0 Å². The van der Waals surface area contributed by atoms with Gasteiger partial charge in [0.05, 0.1) is 4.90 Å². The number of nitrogens with one attached hydrogen (secondary N) is 1. The van der Waals surface area contributed by atoms with Crippen LogP contribution in [0.4, 0.5) is 0 Å². The highest BCUT2D eigenvalue weighted by Crippen LogP contribution is 2.25. The minimum Gasteiger partial charge on any atom is -0.313 e. The number of hydrogen-bond acceptors (Lipinski definition) is 3. The third-order valence-corrected chi connectivity index (χ3v) is 6.30. The predicted octanol–water partition coefficient (Wildman–Crippen LogP) is 2.80. The SMILES string of the molecule is Cc1cc(Cl)ccc1S(=O)(=O)N(CC1CCCN1)C(C)C. The summed E-state index contributed by atoms with van der Waals surface area (Å²) in [6.07, 6.45) is 2.13. The van der Waals surface area contributed by atoms with Crippen LogP contribution in [0.25, 0.3) is 0 Å². The van der Waals surface area contributed by atoms with Crippen molar-refractivity contribution in [2.75, 3.05) is 13.1 Å². The second-order valence-electron chi connectivity index (χ2n) is 5.87. The van der Waals surface area contributed by atoms with E-state index in [1.54, 1.807) is 29.4 Å². The summed E-state index contributed by atoms with van der Waals surface area (Å²) in [6.45, 7) is 7.10. The first kappa shape index (κ1) is 16.7. The highest BCUT2D eigenvalue weighted by molar-refractivity contribution is 7.89. The molecule has 0 aliphatic carbocycles. The van der Waals surface area contributed by atoms with E-state index in [0.717, 1.165) is 19.4 Å². The smallest absolute Gasteiger partial charge is 0.243 e. The van der Waals surface area contributed by atoms with Gasteiger partial charge < -0.3 is 5.32 Å². The van der Waals surface area contributed by atoms with Gasteiger partial charge >= 0.3 is 0 Å². The summed E-state index contributed by atoms with van der Waals surface area (Å²) in [5, 5.41) is 3.92. The Hall–Kier alpha value is -0.620. The van der Waals surface area contributed by atoms with Crippen molar-refractivity contribution < 1.29 is 8.42 Å². The molecule has 2 rings (SSSR count). The first-order valence-corrected chi connectivity index (χ1v) is 9.15. The van der Waals surface area contributed by atoms with Gasteiger partial charge in [-0.1, -0.05) is 11.6 Å². The lowest BCUT2D eigenvalue weighted by Gasteiger charge is -2.29. The van der Waals surface area contributed by atoms with Crippen molar-refractivity contribution >= 4 is 21.6 Å². The Morgan fingerprint density at radius 1 is 1.43 bits per heavy atom. The van der Waals surface area contributed by atoms with E-state index in [-0.39, 0.29) is 12.1 Å². The molecular formula is C15H23ClN2O2S. The number of hydrogen-bond donors (Lipinski definition) is 1. The molecule has 1 aromatic carbocycles. The topological polar surface area (TPSA) is 49.4 Å². The summed E-state index contributed by atoms with van der Waals surface area (Å²) in [7, 11) is -3.50. The Kier molecular flexibility index (Phi) is 5.30. The van der Waals surface area contributed by atoms with Crippen molar-refractivity contribution in [2.24, 2.45) is 0 Å². The second kappa shape index (κ2) is 6.65. The molecule has 1 heterocycles. The number of nitrogens with zero attached hydrogens (tertiary/aromatic N) is 1. The largest absolute Gasteiger partial charge is 0.313 e. The molecule has 0 spiro atoms. The van der Waals surface area contributed by atoms with Crippen molar-refractivity contribution in [1.29, 1.82) is 0 Å². The average molecular weight is 331 g/mol. The van der Waals surface area contributed by atoms with Crippen molar-refractivity contribution in [3.63, 3.8) is 0 Å². The van der Waals surface area contributed by atoms with Gasteiger partial charge in [-0.2, -0.15) is 4.31 Å². The van der Waals surface area contributed by atoms with Gasteiger partial charge in [0.1, 0.15) is 0 Å². The third-order valence-electron chi connectivity index (χ3n) is 3.86. The van der Waals surface area contributed by atoms with Gasteiger partial charge in [0.15, 0.2) is 0 Å². The summed E-state index contributed by atoms with van der Waals surface area (Å²) in [6, 6.07) is 5.10. The fourth-order valence-corrected chi connectivity index (χ4v) is 4.86. The molecule has 1 aromatic rings. The highest BCUT2D eigenvalue weighted by atomic mass is 35.5. The minimum absolute atomic E-state index is 0.0764. The van der Waals surface area contributed by atoms with E-state index in [0.29, 0.717) is 22.0 Å². The molecule has 1 unspecified atom stereocenters. The number of sulfonamides is 1. The molecule has 21 heavy (non-hydrogen) atoms. The van der Waals surface area contributed by atoms with Crippen LogP contribution < -0.4 is 5.32 Å². The van der Waals surface area contributed by atoms with Crippen molar-refractivity contribution in [3.05, 3.63) is 28.8 Å².